The van der Waals surface area contributed by atoms with Crippen LogP contribution in [0, 0.1) is 0 Å². The molecule has 0 radical (unpaired) electrons. The summed E-state index contributed by atoms with van der Waals surface area (Å²) in [4.78, 5) is 13.8. The second-order valence-electron chi connectivity index (χ2n) is 4.12. The van der Waals surface area contributed by atoms with E-state index in [0.717, 1.165) is 32.6 Å². The van der Waals surface area contributed by atoms with Gasteiger partial charge in [-0.2, -0.15) is 0 Å². The Morgan fingerprint density at radius 3 is 2.86 bits per heavy atom. The van der Waals surface area contributed by atoms with Crippen molar-refractivity contribution >= 4 is 5.91 Å². The van der Waals surface area contributed by atoms with E-state index in [1.807, 2.05) is 0 Å². The maximum atomic E-state index is 11.7. The molecule has 80 valence electrons. The lowest BCUT2D eigenvalue weighted by atomic mass is 10.1. The monoisotopic (exact) mass is 197 g/mol. The minimum absolute atomic E-state index is 0.274. The SMILES string of the molecule is O=C1CNCCCN1C1CCCNC1. The first-order valence-electron chi connectivity index (χ1n) is 5.59. The normalized spacial score (nSPS) is 30.1. The molecule has 2 rings (SSSR count). The Bertz CT molecular complexity index is 202. The van der Waals surface area contributed by atoms with Crippen molar-refractivity contribution in [2.24, 2.45) is 0 Å². The summed E-state index contributed by atoms with van der Waals surface area (Å²) in [5.41, 5.74) is 0. The highest BCUT2D eigenvalue weighted by Crippen LogP contribution is 2.12. The number of hydrogen-bond acceptors (Lipinski definition) is 3. The maximum absolute atomic E-state index is 11.7. The van der Waals surface area contributed by atoms with Crippen molar-refractivity contribution in [1.29, 1.82) is 0 Å². The van der Waals surface area contributed by atoms with Crippen LogP contribution in [0.3, 0.4) is 0 Å². The van der Waals surface area contributed by atoms with Crippen molar-refractivity contribution in [3.8, 4) is 0 Å². The highest BCUT2D eigenvalue weighted by molar-refractivity contribution is 5.78. The Labute approximate surface area is 85.0 Å². The first-order valence-corrected chi connectivity index (χ1v) is 5.59. The van der Waals surface area contributed by atoms with Gasteiger partial charge in [0.25, 0.3) is 0 Å². The summed E-state index contributed by atoms with van der Waals surface area (Å²) >= 11 is 0. The summed E-state index contributed by atoms with van der Waals surface area (Å²) in [7, 11) is 0. The van der Waals surface area contributed by atoms with Crippen LogP contribution in [0.25, 0.3) is 0 Å². The fourth-order valence-electron chi connectivity index (χ4n) is 2.28. The molecule has 0 aliphatic carbocycles. The van der Waals surface area contributed by atoms with E-state index in [-0.39, 0.29) is 5.91 Å². The molecule has 2 N–H and O–H groups in total. The van der Waals surface area contributed by atoms with E-state index in [4.69, 9.17) is 0 Å². The number of nitrogens with one attached hydrogen (secondary N) is 2. The lowest BCUT2D eigenvalue weighted by Gasteiger charge is -2.33. The molecule has 2 saturated heterocycles. The highest BCUT2D eigenvalue weighted by atomic mass is 16.2. The van der Waals surface area contributed by atoms with Gasteiger partial charge in [-0.25, -0.2) is 0 Å². The average molecular weight is 197 g/mol. The molecule has 4 heteroatoms. The zero-order chi connectivity index (χ0) is 9.80. The molecule has 1 atom stereocenters. The zero-order valence-electron chi connectivity index (χ0n) is 8.59. The predicted octanol–water partition coefficient (Wildman–Crippen LogP) is -0.440. The molecule has 4 nitrogen and oxygen atoms in total. The van der Waals surface area contributed by atoms with Gasteiger partial charge in [-0.15, -0.1) is 0 Å². The third-order valence-electron chi connectivity index (χ3n) is 3.06. The third kappa shape index (κ3) is 2.25. The molecule has 14 heavy (non-hydrogen) atoms. The standard InChI is InChI=1S/C10H19N3O/c14-10-8-12-5-2-6-13(10)9-3-1-4-11-7-9/h9,11-12H,1-8H2. The first-order chi connectivity index (χ1) is 6.88. The molecule has 2 aliphatic rings. The van der Waals surface area contributed by atoms with E-state index in [2.05, 4.69) is 15.5 Å². The largest absolute Gasteiger partial charge is 0.337 e. The lowest BCUT2D eigenvalue weighted by molar-refractivity contribution is -0.132. The highest BCUT2D eigenvalue weighted by Gasteiger charge is 2.25. The van der Waals surface area contributed by atoms with Gasteiger partial charge >= 0.3 is 0 Å². The van der Waals surface area contributed by atoms with Gasteiger partial charge in [-0.1, -0.05) is 0 Å². The summed E-state index contributed by atoms with van der Waals surface area (Å²) in [5.74, 6) is 0.274. The predicted molar refractivity (Wildman–Crippen MR) is 55.1 cm³/mol. The third-order valence-corrected chi connectivity index (χ3v) is 3.06. The Balaban J connectivity index is 1.95. The molecule has 0 aromatic rings. The van der Waals surface area contributed by atoms with Crippen LogP contribution >= 0.6 is 0 Å². The molecule has 0 bridgehead atoms. The average Bonchev–Trinajstić information content (AvgIpc) is 2.44. The molecule has 1 unspecified atom stereocenters. The minimum Gasteiger partial charge on any atom is -0.337 e. The number of rotatable bonds is 1. The molecular formula is C10H19N3O. The summed E-state index contributed by atoms with van der Waals surface area (Å²) in [6.45, 7) is 4.51. The number of nitrogens with zero attached hydrogens (tertiary/aromatic N) is 1. The van der Waals surface area contributed by atoms with Crippen molar-refractivity contribution in [3.05, 3.63) is 0 Å². The Morgan fingerprint density at radius 1 is 1.21 bits per heavy atom. The van der Waals surface area contributed by atoms with Crippen LogP contribution < -0.4 is 10.6 Å². The van der Waals surface area contributed by atoms with Crippen molar-refractivity contribution < 1.29 is 4.79 Å². The van der Waals surface area contributed by atoms with Crippen molar-refractivity contribution in [2.45, 2.75) is 25.3 Å². The van der Waals surface area contributed by atoms with Gasteiger partial charge < -0.3 is 15.5 Å². The van der Waals surface area contributed by atoms with E-state index < -0.39 is 0 Å². The lowest BCUT2D eigenvalue weighted by Crippen LogP contribution is -2.49. The first kappa shape index (κ1) is 9.93. The minimum atomic E-state index is 0.274. The molecule has 0 saturated carbocycles. The Hall–Kier alpha value is -0.610. The summed E-state index contributed by atoms with van der Waals surface area (Å²) in [6, 6.07) is 0.441. The second-order valence-corrected chi connectivity index (χ2v) is 4.12. The number of piperidine rings is 1. The number of carbonyl (C=O) groups is 1. The van der Waals surface area contributed by atoms with E-state index >= 15 is 0 Å². The van der Waals surface area contributed by atoms with E-state index in [9.17, 15) is 4.79 Å². The van der Waals surface area contributed by atoms with Crippen LogP contribution in [0.2, 0.25) is 0 Å². The fraction of sp³-hybridized carbons (Fsp3) is 0.900. The van der Waals surface area contributed by atoms with Gasteiger partial charge in [-0.3, -0.25) is 4.79 Å². The summed E-state index contributed by atoms with van der Waals surface area (Å²) in [6.07, 6.45) is 3.45. The quantitative estimate of drug-likeness (QED) is 0.599. The van der Waals surface area contributed by atoms with Gasteiger partial charge in [0, 0.05) is 19.1 Å². The summed E-state index contributed by atoms with van der Waals surface area (Å²) in [5, 5.41) is 6.51. The smallest absolute Gasteiger partial charge is 0.236 e. The van der Waals surface area contributed by atoms with Crippen LogP contribution in [0.4, 0.5) is 0 Å². The van der Waals surface area contributed by atoms with Gasteiger partial charge in [0.05, 0.1) is 6.54 Å². The van der Waals surface area contributed by atoms with E-state index in [1.54, 1.807) is 0 Å². The zero-order valence-corrected chi connectivity index (χ0v) is 8.59. The van der Waals surface area contributed by atoms with Gasteiger partial charge in [0.1, 0.15) is 0 Å². The number of carbonyl (C=O) groups excluding carboxylic acids is 1. The van der Waals surface area contributed by atoms with E-state index in [0.29, 0.717) is 12.6 Å². The van der Waals surface area contributed by atoms with Crippen LogP contribution in [0.5, 0.6) is 0 Å². The Morgan fingerprint density at radius 2 is 2.07 bits per heavy atom. The molecule has 2 fully saturated rings. The van der Waals surface area contributed by atoms with Crippen LogP contribution in [-0.4, -0.2) is 49.6 Å². The second kappa shape index (κ2) is 4.75. The molecule has 1 amide bonds. The van der Waals surface area contributed by atoms with Crippen LogP contribution in [-0.2, 0) is 4.79 Å². The van der Waals surface area contributed by atoms with Crippen LogP contribution in [0.15, 0.2) is 0 Å². The van der Waals surface area contributed by atoms with Crippen molar-refractivity contribution in [2.75, 3.05) is 32.7 Å². The molecule has 2 aliphatic heterocycles. The molecule has 0 aromatic heterocycles. The molecule has 0 spiro atoms. The topological polar surface area (TPSA) is 44.4 Å². The number of hydrogen-bond donors (Lipinski definition) is 2. The summed E-state index contributed by atoms with van der Waals surface area (Å²) < 4.78 is 0. The molecular weight excluding hydrogens is 178 g/mol. The maximum Gasteiger partial charge on any atom is 0.236 e. The van der Waals surface area contributed by atoms with Crippen LogP contribution in [0.1, 0.15) is 19.3 Å². The van der Waals surface area contributed by atoms with E-state index in [1.165, 1.54) is 12.8 Å². The van der Waals surface area contributed by atoms with Crippen molar-refractivity contribution in [1.82, 2.24) is 15.5 Å². The van der Waals surface area contributed by atoms with Gasteiger partial charge in [0.2, 0.25) is 5.91 Å². The fourth-order valence-corrected chi connectivity index (χ4v) is 2.28. The molecule has 0 aromatic carbocycles. The number of amides is 1. The Kier molecular flexibility index (Phi) is 3.37. The van der Waals surface area contributed by atoms with Gasteiger partial charge in [-0.05, 0) is 32.4 Å². The van der Waals surface area contributed by atoms with Gasteiger partial charge in [0.15, 0.2) is 0 Å². The molecule has 2 heterocycles. The van der Waals surface area contributed by atoms with Crippen molar-refractivity contribution in [3.63, 3.8) is 0 Å².